The number of hydrogen-bond acceptors (Lipinski definition) is 2. The largest absolute Gasteiger partial charge is 0.444 e. The van der Waals surface area contributed by atoms with E-state index in [0.717, 1.165) is 12.1 Å². The standard InChI is InChI=1S/C15H21F2NO2/c1-6-13(10-7-8-11(16)12(17)9-10)18(5)14(19)20-15(2,3)4/h7-9,13H,6H2,1-5H3. The zero-order valence-electron chi connectivity index (χ0n) is 12.5. The van der Waals surface area contributed by atoms with Gasteiger partial charge in [-0.15, -0.1) is 0 Å². The van der Waals surface area contributed by atoms with Gasteiger partial charge in [-0.05, 0) is 44.9 Å². The van der Waals surface area contributed by atoms with Crippen molar-refractivity contribution in [2.45, 2.75) is 45.8 Å². The van der Waals surface area contributed by atoms with Crippen LogP contribution in [0.2, 0.25) is 0 Å². The molecule has 1 amide bonds. The number of halogens is 2. The van der Waals surface area contributed by atoms with E-state index in [0.29, 0.717) is 12.0 Å². The van der Waals surface area contributed by atoms with Gasteiger partial charge in [0.1, 0.15) is 5.60 Å². The van der Waals surface area contributed by atoms with E-state index < -0.39 is 23.3 Å². The summed E-state index contributed by atoms with van der Waals surface area (Å²) < 4.78 is 31.5. The maximum Gasteiger partial charge on any atom is 0.410 e. The number of nitrogens with zero attached hydrogens (tertiary/aromatic N) is 1. The lowest BCUT2D eigenvalue weighted by molar-refractivity contribution is 0.0215. The molecule has 0 fully saturated rings. The molecule has 0 aliphatic heterocycles. The fourth-order valence-electron chi connectivity index (χ4n) is 1.91. The Kier molecular flexibility index (Phi) is 5.09. The summed E-state index contributed by atoms with van der Waals surface area (Å²) in [5.41, 5.74) is -0.0581. The van der Waals surface area contributed by atoms with Gasteiger partial charge in [-0.3, -0.25) is 0 Å². The Labute approximate surface area is 118 Å². The van der Waals surface area contributed by atoms with Gasteiger partial charge >= 0.3 is 6.09 Å². The van der Waals surface area contributed by atoms with Crippen molar-refractivity contribution < 1.29 is 18.3 Å². The molecule has 0 aliphatic carbocycles. The molecule has 1 aromatic carbocycles. The Hall–Kier alpha value is -1.65. The highest BCUT2D eigenvalue weighted by Gasteiger charge is 2.25. The summed E-state index contributed by atoms with van der Waals surface area (Å²) >= 11 is 0. The molecule has 0 aliphatic rings. The van der Waals surface area contributed by atoms with E-state index >= 15 is 0 Å². The van der Waals surface area contributed by atoms with Crippen molar-refractivity contribution in [3.8, 4) is 0 Å². The second-order valence-electron chi connectivity index (χ2n) is 5.69. The lowest BCUT2D eigenvalue weighted by Gasteiger charge is -2.30. The van der Waals surface area contributed by atoms with Crippen LogP contribution >= 0.6 is 0 Å². The van der Waals surface area contributed by atoms with Crippen LogP contribution in [0.25, 0.3) is 0 Å². The van der Waals surface area contributed by atoms with E-state index in [9.17, 15) is 13.6 Å². The molecule has 0 saturated heterocycles. The summed E-state index contributed by atoms with van der Waals surface area (Å²) in [5.74, 6) is -1.82. The first-order valence-corrected chi connectivity index (χ1v) is 6.56. The minimum absolute atomic E-state index is 0.361. The number of amides is 1. The predicted octanol–water partition coefficient (Wildman–Crippen LogP) is 4.28. The summed E-state index contributed by atoms with van der Waals surface area (Å²) in [7, 11) is 1.59. The van der Waals surface area contributed by atoms with Gasteiger partial charge in [0.25, 0.3) is 0 Å². The second kappa shape index (κ2) is 6.20. The third kappa shape index (κ3) is 4.18. The fraction of sp³-hybridized carbons (Fsp3) is 0.533. The Morgan fingerprint density at radius 1 is 1.30 bits per heavy atom. The van der Waals surface area contributed by atoms with Crippen molar-refractivity contribution >= 4 is 6.09 Å². The van der Waals surface area contributed by atoms with Crippen LogP contribution in [0, 0.1) is 11.6 Å². The molecule has 3 nitrogen and oxygen atoms in total. The topological polar surface area (TPSA) is 29.5 Å². The van der Waals surface area contributed by atoms with Crippen LogP contribution < -0.4 is 0 Å². The van der Waals surface area contributed by atoms with E-state index in [2.05, 4.69) is 0 Å². The van der Waals surface area contributed by atoms with Crippen molar-refractivity contribution in [3.05, 3.63) is 35.4 Å². The first-order valence-electron chi connectivity index (χ1n) is 6.56. The number of ether oxygens (including phenoxy) is 1. The normalized spacial score (nSPS) is 12.9. The molecule has 0 bridgehead atoms. The molecule has 5 heteroatoms. The lowest BCUT2D eigenvalue weighted by Crippen LogP contribution is -2.36. The van der Waals surface area contributed by atoms with Crippen LogP contribution in [0.4, 0.5) is 13.6 Å². The number of carbonyl (C=O) groups is 1. The molecule has 0 radical (unpaired) electrons. The quantitative estimate of drug-likeness (QED) is 0.829. The van der Waals surface area contributed by atoms with Crippen LogP contribution in [0.3, 0.4) is 0 Å². The van der Waals surface area contributed by atoms with Gasteiger partial charge in [0.2, 0.25) is 0 Å². The van der Waals surface area contributed by atoms with E-state index in [1.165, 1.54) is 11.0 Å². The summed E-state index contributed by atoms with van der Waals surface area (Å²) in [6.45, 7) is 7.19. The van der Waals surface area contributed by atoms with Crippen molar-refractivity contribution in [1.29, 1.82) is 0 Å². The third-order valence-electron chi connectivity index (χ3n) is 2.86. The second-order valence-corrected chi connectivity index (χ2v) is 5.69. The lowest BCUT2D eigenvalue weighted by atomic mass is 10.0. The number of rotatable bonds is 3. The van der Waals surface area contributed by atoms with Gasteiger partial charge in [0, 0.05) is 7.05 Å². The predicted molar refractivity (Wildman–Crippen MR) is 73.4 cm³/mol. The molecule has 20 heavy (non-hydrogen) atoms. The molecule has 0 heterocycles. The molecule has 1 atom stereocenters. The van der Waals surface area contributed by atoms with E-state index in [1.807, 2.05) is 6.92 Å². The first-order chi connectivity index (χ1) is 9.15. The summed E-state index contributed by atoms with van der Waals surface area (Å²) in [6.07, 6.45) is 0.0787. The van der Waals surface area contributed by atoms with Gasteiger partial charge < -0.3 is 9.64 Å². The molecule has 1 rings (SSSR count). The average Bonchev–Trinajstić information content (AvgIpc) is 2.32. The van der Waals surface area contributed by atoms with Gasteiger partial charge in [0.15, 0.2) is 11.6 Å². The van der Waals surface area contributed by atoms with Crippen LogP contribution in [0.5, 0.6) is 0 Å². The highest BCUT2D eigenvalue weighted by Crippen LogP contribution is 2.26. The molecule has 0 spiro atoms. The van der Waals surface area contributed by atoms with Gasteiger partial charge in [0.05, 0.1) is 6.04 Å². The minimum atomic E-state index is -0.918. The van der Waals surface area contributed by atoms with Crippen molar-refractivity contribution in [2.75, 3.05) is 7.05 Å². The van der Waals surface area contributed by atoms with Crippen LogP contribution in [-0.4, -0.2) is 23.6 Å². The summed E-state index contributed by atoms with van der Waals surface area (Å²) in [5, 5.41) is 0. The molecule has 112 valence electrons. The van der Waals surface area contributed by atoms with Gasteiger partial charge in [-0.25, -0.2) is 13.6 Å². The molecule has 1 unspecified atom stereocenters. The van der Waals surface area contributed by atoms with Crippen molar-refractivity contribution in [3.63, 3.8) is 0 Å². The maximum atomic E-state index is 13.3. The molecular formula is C15H21F2NO2. The molecule has 0 saturated carbocycles. The first kappa shape index (κ1) is 16.4. The summed E-state index contributed by atoms with van der Waals surface area (Å²) in [6, 6.07) is 3.30. The monoisotopic (exact) mass is 285 g/mol. The Morgan fingerprint density at radius 2 is 1.90 bits per heavy atom. The van der Waals surface area contributed by atoms with Crippen LogP contribution in [-0.2, 0) is 4.74 Å². The Morgan fingerprint density at radius 3 is 2.35 bits per heavy atom. The number of carbonyl (C=O) groups excluding carboxylic acids is 1. The molecule has 0 aromatic heterocycles. The zero-order chi connectivity index (χ0) is 15.5. The average molecular weight is 285 g/mol. The smallest absolute Gasteiger partial charge is 0.410 e. The van der Waals surface area contributed by atoms with E-state index in [4.69, 9.17) is 4.74 Å². The van der Waals surface area contributed by atoms with Crippen LogP contribution in [0.1, 0.15) is 45.7 Å². The van der Waals surface area contributed by atoms with E-state index in [1.54, 1.807) is 27.8 Å². The SMILES string of the molecule is CCC(c1ccc(F)c(F)c1)N(C)C(=O)OC(C)(C)C. The molecular weight excluding hydrogens is 264 g/mol. The van der Waals surface area contributed by atoms with Gasteiger partial charge in [-0.2, -0.15) is 0 Å². The number of benzene rings is 1. The van der Waals surface area contributed by atoms with Crippen molar-refractivity contribution in [2.24, 2.45) is 0 Å². The minimum Gasteiger partial charge on any atom is -0.444 e. The molecule has 1 aromatic rings. The highest BCUT2D eigenvalue weighted by molar-refractivity contribution is 5.68. The number of hydrogen-bond donors (Lipinski definition) is 0. The Balaban J connectivity index is 2.94. The zero-order valence-corrected chi connectivity index (χ0v) is 12.5. The Bertz CT molecular complexity index is 483. The van der Waals surface area contributed by atoms with Gasteiger partial charge in [-0.1, -0.05) is 13.0 Å². The fourth-order valence-corrected chi connectivity index (χ4v) is 1.91. The van der Waals surface area contributed by atoms with E-state index in [-0.39, 0.29) is 6.04 Å². The van der Waals surface area contributed by atoms with Crippen LogP contribution in [0.15, 0.2) is 18.2 Å². The molecule has 0 N–H and O–H groups in total. The third-order valence-corrected chi connectivity index (χ3v) is 2.86. The highest BCUT2D eigenvalue weighted by atomic mass is 19.2. The summed E-state index contributed by atoms with van der Waals surface area (Å²) in [4.78, 5) is 13.4. The maximum absolute atomic E-state index is 13.3. The van der Waals surface area contributed by atoms with Crippen molar-refractivity contribution in [1.82, 2.24) is 4.90 Å².